The zero-order valence-corrected chi connectivity index (χ0v) is 15.9. The molecule has 0 aliphatic carbocycles. The Labute approximate surface area is 167 Å². The van der Waals surface area contributed by atoms with Crippen LogP contribution in [-0.2, 0) is 4.79 Å². The van der Waals surface area contributed by atoms with E-state index in [0.29, 0.717) is 33.5 Å². The van der Waals surface area contributed by atoms with Gasteiger partial charge in [0, 0.05) is 5.56 Å². The van der Waals surface area contributed by atoms with Gasteiger partial charge in [0.2, 0.25) is 0 Å². The summed E-state index contributed by atoms with van der Waals surface area (Å²) < 4.78 is 11.3. The predicted molar refractivity (Wildman–Crippen MR) is 109 cm³/mol. The Morgan fingerprint density at radius 3 is 2.39 bits per heavy atom. The fourth-order valence-electron chi connectivity index (χ4n) is 2.44. The molecule has 3 aromatic rings. The van der Waals surface area contributed by atoms with E-state index in [1.807, 2.05) is 6.07 Å². The molecule has 0 fully saturated rings. The molecular weight excluding hydrogens is 378 g/mol. The first kappa shape index (κ1) is 19.5. The Hall–Kier alpha value is -3.31. The molecule has 6 heteroatoms. The summed E-state index contributed by atoms with van der Waals surface area (Å²) in [5.74, 6) is 0.970. The van der Waals surface area contributed by atoms with Gasteiger partial charge >= 0.3 is 0 Å². The van der Waals surface area contributed by atoms with E-state index in [-0.39, 0.29) is 18.3 Å². The number of ether oxygens (including phenoxy) is 2. The third-order valence-electron chi connectivity index (χ3n) is 3.83. The summed E-state index contributed by atoms with van der Waals surface area (Å²) in [7, 11) is 0. The van der Waals surface area contributed by atoms with E-state index in [2.05, 4.69) is 5.32 Å². The molecule has 0 aliphatic heterocycles. The Morgan fingerprint density at radius 2 is 1.64 bits per heavy atom. The smallest absolute Gasteiger partial charge is 0.262 e. The Bertz CT molecular complexity index is 1000. The number of rotatable bonds is 7. The number of nitrogens with one attached hydrogen (secondary N) is 1. The maximum absolute atomic E-state index is 12.3. The maximum Gasteiger partial charge on any atom is 0.262 e. The van der Waals surface area contributed by atoms with Gasteiger partial charge in [0.25, 0.3) is 5.91 Å². The number of anilines is 1. The van der Waals surface area contributed by atoms with Crippen LogP contribution < -0.4 is 14.8 Å². The number of para-hydroxylation sites is 3. The first-order chi connectivity index (χ1) is 13.5. The number of carbonyl (C=O) groups excluding carboxylic acids is 2. The van der Waals surface area contributed by atoms with E-state index < -0.39 is 0 Å². The van der Waals surface area contributed by atoms with E-state index >= 15 is 0 Å². The van der Waals surface area contributed by atoms with E-state index in [9.17, 15) is 9.59 Å². The van der Waals surface area contributed by atoms with Crippen LogP contribution in [0.2, 0.25) is 5.02 Å². The van der Waals surface area contributed by atoms with Crippen molar-refractivity contribution in [2.75, 3.05) is 11.9 Å². The van der Waals surface area contributed by atoms with Crippen LogP contribution in [0.3, 0.4) is 0 Å². The van der Waals surface area contributed by atoms with Crippen molar-refractivity contribution < 1.29 is 19.1 Å². The number of halogens is 1. The van der Waals surface area contributed by atoms with Crippen LogP contribution in [0.1, 0.15) is 17.3 Å². The lowest BCUT2D eigenvalue weighted by molar-refractivity contribution is -0.118. The van der Waals surface area contributed by atoms with Crippen molar-refractivity contribution in [3.63, 3.8) is 0 Å². The summed E-state index contributed by atoms with van der Waals surface area (Å²) in [6.07, 6.45) is 0. The summed E-state index contributed by atoms with van der Waals surface area (Å²) in [5, 5.41) is 3.23. The molecule has 0 unspecified atom stereocenters. The monoisotopic (exact) mass is 395 g/mol. The molecule has 0 radical (unpaired) electrons. The topological polar surface area (TPSA) is 64.6 Å². The average molecular weight is 396 g/mol. The second-order valence-corrected chi connectivity index (χ2v) is 6.36. The minimum absolute atomic E-state index is 0.0689. The molecule has 0 saturated heterocycles. The number of amides is 1. The molecule has 0 aliphatic rings. The van der Waals surface area contributed by atoms with Crippen LogP contribution >= 0.6 is 11.6 Å². The summed E-state index contributed by atoms with van der Waals surface area (Å²) in [5.41, 5.74) is 1.02. The van der Waals surface area contributed by atoms with Gasteiger partial charge in [-0.25, -0.2) is 0 Å². The molecule has 0 aromatic heterocycles. The molecule has 0 atom stereocenters. The van der Waals surface area contributed by atoms with Gasteiger partial charge in [0.1, 0.15) is 11.5 Å². The Morgan fingerprint density at radius 1 is 0.929 bits per heavy atom. The summed E-state index contributed by atoms with van der Waals surface area (Å²) in [6.45, 7) is 1.27. The lowest BCUT2D eigenvalue weighted by Crippen LogP contribution is -2.20. The molecular formula is C22H18ClNO4. The molecule has 3 aromatic carbocycles. The van der Waals surface area contributed by atoms with Gasteiger partial charge in [-0.1, -0.05) is 48.0 Å². The van der Waals surface area contributed by atoms with Crippen molar-refractivity contribution in [3.05, 3.63) is 83.4 Å². The lowest BCUT2D eigenvalue weighted by atomic mass is 10.1. The average Bonchev–Trinajstić information content (AvgIpc) is 2.70. The largest absolute Gasteiger partial charge is 0.484 e. The number of Topliss-reactive ketones (excluding diaryl/α,β-unsaturated/α-hetero) is 1. The number of benzene rings is 3. The second-order valence-electron chi connectivity index (χ2n) is 5.95. The number of hydrogen-bond acceptors (Lipinski definition) is 4. The minimum Gasteiger partial charge on any atom is -0.484 e. The van der Waals surface area contributed by atoms with E-state index in [0.717, 1.165) is 0 Å². The summed E-state index contributed by atoms with van der Waals surface area (Å²) >= 11 is 6.13. The fourth-order valence-corrected chi connectivity index (χ4v) is 2.62. The number of hydrogen-bond donors (Lipinski definition) is 1. The highest BCUT2D eigenvalue weighted by atomic mass is 35.5. The molecule has 142 valence electrons. The van der Waals surface area contributed by atoms with Gasteiger partial charge in [0.15, 0.2) is 18.1 Å². The quantitative estimate of drug-likeness (QED) is 0.547. The van der Waals surface area contributed by atoms with E-state index in [1.165, 1.54) is 6.92 Å². The molecule has 5 nitrogen and oxygen atoms in total. The third-order valence-corrected chi connectivity index (χ3v) is 4.14. The van der Waals surface area contributed by atoms with Crippen LogP contribution in [0.5, 0.6) is 17.2 Å². The van der Waals surface area contributed by atoms with Gasteiger partial charge in [0.05, 0.1) is 10.7 Å². The van der Waals surface area contributed by atoms with Crippen LogP contribution in [0.25, 0.3) is 0 Å². The maximum atomic E-state index is 12.3. The highest BCUT2D eigenvalue weighted by Gasteiger charge is 2.11. The molecule has 0 saturated carbocycles. The number of ketones is 1. The van der Waals surface area contributed by atoms with E-state index in [4.69, 9.17) is 21.1 Å². The zero-order valence-electron chi connectivity index (χ0n) is 15.1. The Balaban J connectivity index is 1.65. The molecule has 28 heavy (non-hydrogen) atoms. The van der Waals surface area contributed by atoms with Gasteiger partial charge in [-0.2, -0.15) is 0 Å². The first-order valence-corrected chi connectivity index (χ1v) is 8.96. The van der Waals surface area contributed by atoms with Gasteiger partial charge in [-0.15, -0.1) is 0 Å². The van der Waals surface area contributed by atoms with Crippen molar-refractivity contribution >= 4 is 29.0 Å². The molecule has 0 bridgehead atoms. The molecule has 0 heterocycles. The standard InChI is InChI=1S/C22H18ClNO4/c1-15(25)16-7-6-8-17(13-16)27-14-22(26)24-19-10-3-5-12-21(19)28-20-11-4-2-9-18(20)23/h2-13H,14H2,1H3,(H,24,26). The van der Waals surface area contributed by atoms with Crippen LogP contribution in [0.15, 0.2) is 72.8 Å². The molecule has 0 spiro atoms. The van der Waals surface area contributed by atoms with Crippen molar-refractivity contribution in [2.24, 2.45) is 0 Å². The molecule has 1 amide bonds. The third kappa shape index (κ3) is 5.11. The van der Waals surface area contributed by atoms with Crippen LogP contribution in [0.4, 0.5) is 5.69 Å². The minimum atomic E-state index is -0.358. The highest BCUT2D eigenvalue weighted by molar-refractivity contribution is 6.32. The lowest BCUT2D eigenvalue weighted by Gasteiger charge is -2.13. The predicted octanol–water partition coefficient (Wildman–Crippen LogP) is 5.35. The van der Waals surface area contributed by atoms with Crippen molar-refractivity contribution in [1.29, 1.82) is 0 Å². The van der Waals surface area contributed by atoms with Gasteiger partial charge < -0.3 is 14.8 Å². The van der Waals surface area contributed by atoms with Gasteiger partial charge in [-0.05, 0) is 43.3 Å². The van der Waals surface area contributed by atoms with E-state index in [1.54, 1.807) is 66.7 Å². The van der Waals surface area contributed by atoms with Gasteiger partial charge in [-0.3, -0.25) is 9.59 Å². The SMILES string of the molecule is CC(=O)c1cccc(OCC(=O)Nc2ccccc2Oc2ccccc2Cl)c1. The fraction of sp³-hybridized carbons (Fsp3) is 0.0909. The van der Waals surface area contributed by atoms with Crippen LogP contribution in [-0.4, -0.2) is 18.3 Å². The molecule has 1 N–H and O–H groups in total. The van der Waals surface area contributed by atoms with Crippen molar-refractivity contribution in [3.8, 4) is 17.2 Å². The zero-order chi connectivity index (χ0) is 19.9. The highest BCUT2D eigenvalue weighted by Crippen LogP contribution is 2.33. The number of carbonyl (C=O) groups is 2. The van der Waals surface area contributed by atoms with Crippen molar-refractivity contribution in [1.82, 2.24) is 0 Å². The summed E-state index contributed by atoms with van der Waals surface area (Å²) in [4.78, 5) is 23.7. The van der Waals surface area contributed by atoms with Crippen molar-refractivity contribution in [2.45, 2.75) is 6.92 Å². The first-order valence-electron chi connectivity index (χ1n) is 8.58. The molecule has 3 rings (SSSR count). The summed E-state index contributed by atoms with van der Waals surface area (Å²) in [6, 6.07) is 20.8. The Kier molecular flexibility index (Phi) is 6.29. The second kappa shape index (κ2) is 9.06. The normalized spacial score (nSPS) is 10.2. The van der Waals surface area contributed by atoms with Crippen LogP contribution in [0, 0.1) is 0 Å².